The van der Waals surface area contributed by atoms with Crippen LogP contribution in [0.4, 0.5) is 13.2 Å². The van der Waals surface area contributed by atoms with Gasteiger partial charge in [-0.25, -0.2) is 22.2 Å². The summed E-state index contributed by atoms with van der Waals surface area (Å²) in [6.07, 6.45) is -2.36. The molecule has 27 heavy (non-hydrogen) atoms. The molecule has 1 aliphatic rings. The number of rotatable bonds is 2. The maximum atomic E-state index is 13.6. The molecule has 3 heterocycles. The van der Waals surface area contributed by atoms with Gasteiger partial charge in [-0.1, -0.05) is 20.8 Å². The Labute approximate surface area is 156 Å². The van der Waals surface area contributed by atoms with E-state index in [-0.39, 0.29) is 11.6 Å². The number of alkyl halides is 3. The van der Waals surface area contributed by atoms with E-state index in [0.717, 1.165) is 16.8 Å². The minimum absolute atomic E-state index is 0.0936. The van der Waals surface area contributed by atoms with Crippen LogP contribution in [-0.2, 0) is 21.6 Å². The predicted octanol–water partition coefficient (Wildman–Crippen LogP) is 3.18. The summed E-state index contributed by atoms with van der Waals surface area (Å²) >= 11 is 0. The van der Waals surface area contributed by atoms with Gasteiger partial charge in [-0.3, -0.25) is 0 Å². The van der Waals surface area contributed by atoms with Gasteiger partial charge in [0.15, 0.2) is 5.65 Å². The molecule has 6 nitrogen and oxygen atoms in total. The van der Waals surface area contributed by atoms with E-state index in [9.17, 15) is 21.6 Å². The van der Waals surface area contributed by atoms with E-state index in [0.29, 0.717) is 37.3 Å². The molecule has 0 bridgehead atoms. The van der Waals surface area contributed by atoms with Gasteiger partial charge in [0.1, 0.15) is 5.69 Å². The Hall–Kier alpha value is -1.68. The maximum absolute atomic E-state index is 13.6. The van der Waals surface area contributed by atoms with E-state index in [1.165, 1.54) is 4.31 Å². The standard InChI is InChI=1S/C17H23F3N4O2S/c1-16(2,3)13-10-14(17(18,19)20)24-15(21-13)9-12(22-24)11-5-7-23(8-6-11)27(4,25)26/h9-11H,5-8H2,1-4H3. The van der Waals surface area contributed by atoms with Crippen LogP contribution < -0.4 is 0 Å². The molecule has 2 aromatic rings. The molecule has 0 spiro atoms. The summed E-state index contributed by atoms with van der Waals surface area (Å²) in [7, 11) is -3.26. The molecule has 0 aliphatic carbocycles. The van der Waals surface area contributed by atoms with E-state index in [1.807, 2.05) is 20.8 Å². The second-order valence-corrected chi connectivity index (χ2v) is 10.0. The van der Waals surface area contributed by atoms with Gasteiger partial charge in [-0.2, -0.15) is 18.3 Å². The second-order valence-electron chi connectivity index (χ2n) is 8.05. The molecule has 10 heteroatoms. The molecular weight excluding hydrogens is 381 g/mol. The number of sulfonamides is 1. The minimum atomic E-state index is -4.55. The van der Waals surface area contributed by atoms with Crippen LogP contribution in [0.15, 0.2) is 12.1 Å². The van der Waals surface area contributed by atoms with E-state index >= 15 is 0 Å². The summed E-state index contributed by atoms with van der Waals surface area (Å²) in [5.41, 5.74) is -0.354. The average molecular weight is 404 g/mol. The SMILES string of the molecule is CC(C)(C)c1cc(C(F)(F)F)n2nc(C3CCN(S(C)(=O)=O)CC3)cc2n1. The average Bonchev–Trinajstić information content (AvgIpc) is 2.95. The molecule has 3 rings (SSSR count). The topological polar surface area (TPSA) is 67.6 Å². The molecule has 0 N–H and O–H groups in total. The molecule has 0 unspecified atom stereocenters. The smallest absolute Gasteiger partial charge is 0.233 e. The van der Waals surface area contributed by atoms with Crippen molar-refractivity contribution >= 4 is 15.7 Å². The number of nitrogens with zero attached hydrogens (tertiary/aromatic N) is 4. The van der Waals surface area contributed by atoms with Crippen molar-refractivity contribution in [1.29, 1.82) is 0 Å². The van der Waals surface area contributed by atoms with Gasteiger partial charge in [-0.05, 0) is 18.9 Å². The number of hydrogen-bond acceptors (Lipinski definition) is 4. The Morgan fingerprint density at radius 3 is 2.19 bits per heavy atom. The van der Waals surface area contributed by atoms with E-state index in [2.05, 4.69) is 10.1 Å². The van der Waals surface area contributed by atoms with E-state index < -0.39 is 27.3 Å². The first-order chi connectivity index (χ1) is 12.3. The number of aromatic nitrogens is 3. The molecule has 150 valence electrons. The minimum Gasteiger partial charge on any atom is -0.233 e. The third kappa shape index (κ3) is 4.11. The molecule has 1 aliphatic heterocycles. The molecule has 0 radical (unpaired) electrons. The van der Waals surface area contributed by atoms with Crippen molar-refractivity contribution in [2.45, 2.75) is 51.1 Å². The number of fused-ring (bicyclic) bond motifs is 1. The van der Waals surface area contributed by atoms with Crippen molar-refractivity contribution < 1.29 is 21.6 Å². The van der Waals surface area contributed by atoms with Gasteiger partial charge in [0.25, 0.3) is 0 Å². The fraction of sp³-hybridized carbons (Fsp3) is 0.647. The lowest BCUT2D eigenvalue weighted by atomic mass is 9.91. The molecule has 1 fully saturated rings. The van der Waals surface area contributed by atoms with Crippen molar-refractivity contribution in [2.24, 2.45) is 0 Å². The molecule has 0 saturated carbocycles. The van der Waals surface area contributed by atoms with Crippen molar-refractivity contribution in [3.8, 4) is 0 Å². The van der Waals surface area contributed by atoms with Crippen LogP contribution in [-0.4, -0.2) is 46.7 Å². The number of halogens is 3. The first kappa shape index (κ1) is 20.1. The molecule has 0 amide bonds. The highest BCUT2D eigenvalue weighted by Crippen LogP contribution is 2.34. The Morgan fingerprint density at radius 1 is 1.11 bits per heavy atom. The number of piperidine rings is 1. The quantitative estimate of drug-likeness (QED) is 0.771. The maximum Gasteiger partial charge on any atom is 0.433 e. The van der Waals surface area contributed by atoms with Crippen LogP contribution in [0.3, 0.4) is 0 Å². The first-order valence-corrected chi connectivity index (χ1v) is 10.5. The van der Waals surface area contributed by atoms with Crippen molar-refractivity contribution in [3.05, 3.63) is 29.2 Å². The lowest BCUT2D eigenvalue weighted by Gasteiger charge is -2.29. The molecule has 1 saturated heterocycles. The normalized spacial score (nSPS) is 18.3. The Balaban J connectivity index is 2.00. The predicted molar refractivity (Wildman–Crippen MR) is 95.1 cm³/mol. The highest BCUT2D eigenvalue weighted by molar-refractivity contribution is 7.88. The van der Waals surface area contributed by atoms with Gasteiger partial charge >= 0.3 is 6.18 Å². The Bertz CT molecular complexity index is 953. The third-order valence-electron chi connectivity index (χ3n) is 4.85. The van der Waals surface area contributed by atoms with Crippen LogP contribution in [0.1, 0.15) is 56.6 Å². The summed E-state index contributed by atoms with van der Waals surface area (Å²) in [4.78, 5) is 4.38. The van der Waals surface area contributed by atoms with Crippen molar-refractivity contribution in [1.82, 2.24) is 18.9 Å². The Morgan fingerprint density at radius 2 is 1.70 bits per heavy atom. The van der Waals surface area contributed by atoms with Gasteiger partial charge in [0, 0.05) is 30.5 Å². The van der Waals surface area contributed by atoms with E-state index in [1.54, 1.807) is 6.07 Å². The van der Waals surface area contributed by atoms with Crippen molar-refractivity contribution in [3.63, 3.8) is 0 Å². The summed E-state index contributed by atoms with van der Waals surface area (Å²) < 4.78 is 66.2. The first-order valence-electron chi connectivity index (χ1n) is 8.70. The van der Waals surface area contributed by atoms with Gasteiger partial charge in [0.05, 0.1) is 17.6 Å². The zero-order valence-corrected chi connectivity index (χ0v) is 16.5. The summed E-state index contributed by atoms with van der Waals surface area (Å²) in [6, 6.07) is 2.64. The fourth-order valence-corrected chi connectivity index (χ4v) is 4.14. The zero-order valence-electron chi connectivity index (χ0n) is 15.7. The van der Waals surface area contributed by atoms with Crippen LogP contribution in [0.5, 0.6) is 0 Å². The lowest BCUT2D eigenvalue weighted by molar-refractivity contribution is -0.142. The van der Waals surface area contributed by atoms with Gasteiger partial charge in [0.2, 0.25) is 10.0 Å². The highest BCUT2D eigenvalue weighted by Gasteiger charge is 2.37. The number of hydrogen-bond donors (Lipinski definition) is 0. The molecule has 2 aromatic heterocycles. The van der Waals surface area contributed by atoms with Crippen LogP contribution in [0.2, 0.25) is 0 Å². The summed E-state index contributed by atoms with van der Waals surface area (Å²) in [5, 5.41) is 4.18. The molecule has 0 atom stereocenters. The van der Waals surface area contributed by atoms with Crippen LogP contribution in [0, 0.1) is 0 Å². The van der Waals surface area contributed by atoms with Crippen molar-refractivity contribution in [2.75, 3.05) is 19.3 Å². The van der Waals surface area contributed by atoms with E-state index in [4.69, 9.17) is 0 Å². The second kappa shape index (κ2) is 6.44. The van der Waals surface area contributed by atoms with Gasteiger partial charge in [-0.15, -0.1) is 0 Å². The largest absolute Gasteiger partial charge is 0.433 e. The third-order valence-corrected chi connectivity index (χ3v) is 6.15. The fourth-order valence-electron chi connectivity index (χ4n) is 3.26. The highest BCUT2D eigenvalue weighted by atomic mass is 32.2. The zero-order chi connectivity index (χ0) is 20.2. The lowest BCUT2D eigenvalue weighted by Crippen LogP contribution is -2.37. The summed E-state index contributed by atoms with van der Waals surface area (Å²) in [6.45, 7) is 6.10. The van der Waals surface area contributed by atoms with Gasteiger partial charge < -0.3 is 0 Å². The monoisotopic (exact) mass is 404 g/mol. The molecule has 0 aromatic carbocycles. The van der Waals surface area contributed by atoms with Crippen LogP contribution >= 0.6 is 0 Å². The molecular formula is C17H23F3N4O2S. The van der Waals surface area contributed by atoms with Crippen LogP contribution in [0.25, 0.3) is 5.65 Å². The Kier molecular flexibility index (Phi) is 4.79. The summed E-state index contributed by atoms with van der Waals surface area (Å²) in [5.74, 6) is -0.0936.